The maximum atomic E-state index is 13.5. The van der Waals surface area contributed by atoms with Gasteiger partial charge in [0, 0.05) is 41.2 Å². The van der Waals surface area contributed by atoms with Gasteiger partial charge in [0.25, 0.3) is 5.91 Å². The van der Waals surface area contributed by atoms with Crippen LogP contribution in [0.1, 0.15) is 34.3 Å². The molecule has 2 amide bonds. The normalized spacial score (nSPS) is 14.8. The minimum atomic E-state index is -0.336. The van der Waals surface area contributed by atoms with Crippen LogP contribution in [-0.4, -0.2) is 52.1 Å². The molecule has 0 aliphatic carbocycles. The highest BCUT2D eigenvalue weighted by Gasteiger charge is 2.26. The molecule has 1 atom stereocenters. The number of nitrogens with one attached hydrogen (secondary N) is 1. The van der Waals surface area contributed by atoms with Gasteiger partial charge < -0.3 is 9.64 Å². The lowest BCUT2D eigenvalue weighted by molar-refractivity contribution is -0.117. The summed E-state index contributed by atoms with van der Waals surface area (Å²) in [6.45, 7) is 4.81. The number of rotatable bonds is 8. The highest BCUT2D eigenvalue weighted by Crippen LogP contribution is 2.26. The van der Waals surface area contributed by atoms with E-state index in [4.69, 9.17) is 21.3 Å². The van der Waals surface area contributed by atoms with Crippen molar-refractivity contribution in [1.82, 2.24) is 14.5 Å². The van der Waals surface area contributed by atoms with E-state index >= 15 is 0 Å². The Kier molecular flexibility index (Phi) is 8.10. The predicted octanol–water partition coefficient (Wildman–Crippen LogP) is 6.07. The Labute approximate surface area is 233 Å². The van der Waals surface area contributed by atoms with Crippen LogP contribution in [0.4, 0.5) is 5.95 Å². The smallest absolute Gasteiger partial charge is 0.254 e. The van der Waals surface area contributed by atoms with Gasteiger partial charge in [-0.15, -0.1) is 0 Å². The molecule has 7 nitrogen and oxygen atoms in total. The maximum absolute atomic E-state index is 13.5. The number of ether oxygens (including phenoxy) is 1. The molecule has 1 saturated heterocycles. The molecule has 1 N–H and O–H groups in total. The molecule has 0 saturated carbocycles. The van der Waals surface area contributed by atoms with E-state index in [1.165, 1.54) is 0 Å². The summed E-state index contributed by atoms with van der Waals surface area (Å²) in [7, 11) is 0. The van der Waals surface area contributed by atoms with Crippen molar-refractivity contribution < 1.29 is 14.3 Å². The molecule has 0 bridgehead atoms. The third kappa shape index (κ3) is 6.38. The van der Waals surface area contributed by atoms with Crippen LogP contribution < -0.4 is 5.32 Å². The third-order valence-corrected chi connectivity index (χ3v) is 7.07. The second kappa shape index (κ2) is 11.8. The zero-order chi connectivity index (χ0) is 27.4. The molecule has 5 rings (SSSR count). The van der Waals surface area contributed by atoms with Crippen molar-refractivity contribution in [1.29, 1.82) is 0 Å². The van der Waals surface area contributed by atoms with Crippen LogP contribution in [0, 0.1) is 13.8 Å². The van der Waals surface area contributed by atoms with Crippen LogP contribution in [0.5, 0.6) is 0 Å². The summed E-state index contributed by atoms with van der Waals surface area (Å²) in [5.41, 5.74) is 4.95. The molecule has 0 spiro atoms. The molecule has 0 radical (unpaired) electrons. The number of benzene rings is 3. The number of halogens is 1. The van der Waals surface area contributed by atoms with Gasteiger partial charge in [0.1, 0.15) is 6.54 Å². The monoisotopic (exact) mass is 542 g/mol. The largest absolute Gasteiger partial charge is 0.376 e. The molecule has 8 heteroatoms. The molecule has 1 fully saturated rings. The second-order valence-corrected chi connectivity index (χ2v) is 10.3. The molecule has 1 unspecified atom stereocenters. The van der Waals surface area contributed by atoms with E-state index in [-0.39, 0.29) is 24.5 Å². The highest BCUT2D eigenvalue weighted by molar-refractivity contribution is 6.30. The lowest BCUT2D eigenvalue weighted by Gasteiger charge is -2.25. The van der Waals surface area contributed by atoms with Crippen molar-refractivity contribution in [2.24, 2.45) is 0 Å². The quantitative estimate of drug-likeness (QED) is 0.293. The van der Waals surface area contributed by atoms with Gasteiger partial charge in [-0.1, -0.05) is 54.1 Å². The fourth-order valence-corrected chi connectivity index (χ4v) is 4.90. The van der Waals surface area contributed by atoms with Gasteiger partial charge in [0.15, 0.2) is 0 Å². The second-order valence-electron chi connectivity index (χ2n) is 9.85. The molecule has 1 aromatic heterocycles. The predicted molar refractivity (Wildman–Crippen MR) is 153 cm³/mol. The summed E-state index contributed by atoms with van der Waals surface area (Å²) >= 11 is 6.08. The Morgan fingerprint density at radius 3 is 2.59 bits per heavy atom. The van der Waals surface area contributed by atoms with Gasteiger partial charge in [-0.3, -0.25) is 19.5 Å². The van der Waals surface area contributed by atoms with Crippen molar-refractivity contribution >= 4 is 29.4 Å². The van der Waals surface area contributed by atoms with E-state index in [0.29, 0.717) is 35.4 Å². The number of imidazole rings is 1. The average Bonchev–Trinajstić information content (AvgIpc) is 3.59. The fourth-order valence-electron chi connectivity index (χ4n) is 4.78. The summed E-state index contributed by atoms with van der Waals surface area (Å²) in [5, 5.41) is 3.59. The number of nitrogens with zero attached hydrogens (tertiary/aromatic N) is 3. The molecule has 39 heavy (non-hydrogen) atoms. The molecule has 2 heterocycles. The van der Waals surface area contributed by atoms with Crippen LogP contribution in [-0.2, 0) is 9.53 Å². The minimum absolute atomic E-state index is 0.0865. The number of aromatic nitrogens is 2. The average molecular weight is 543 g/mol. The SMILES string of the molecule is Cc1cccc(-n2cc(-c3ccc(Cl)cc3)nc2NC(=O)CN(CC2CCCO2)C(=O)c2ccccc2C)c1. The van der Waals surface area contributed by atoms with Gasteiger partial charge in [-0.2, -0.15) is 0 Å². The van der Waals surface area contributed by atoms with Crippen LogP contribution >= 0.6 is 11.6 Å². The standard InChI is InChI=1S/C31H31ClN4O3/c1-21-7-5-9-25(17-21)36-19-28(23-12-14-24(32)15-13-23)33-31(36)34-29(37)20-35(18-26-10-6-16-39-26)30(38)27-11-4-3-8-22(27)2/h3-5,7-9,11-15,17,19,26H,6,10,16,18,20H2,1-2H3,(H,33,34,37). The molecular formula is C31H31ClN4O3. The van der Waals surface area contributed by atoms with Gasteiger partial charge in [0.2, 0.25) is 11.9 Å². The van der Waals surface area contributed by atoms with Crippen LogP contribution in [0.3, 0.4) is 0 Å². The van der Waals surface area contributed by atoms with E-state index in [0.717, 1.165) is 35.2 Å². The van der Waals surface area contributed by atoms with Crippen molar-refractivity contribution in [2.75, 3.05) is 25.0 Å². The number of hydrogen-bond donors (Lipinski definition) is 1. The van der Waals surface area contributed by atoms with E-state index in [9.17, 15) is 9.59 Å². The van der Waals surface area contributed by atoms with Crippen LogP contribution in [0.2, 0.25) is 5.02 Å². The Bertz CT molecular complexity index is 1480. The topological polar surface area (TPSA) is 76.5 Å². The first-order valence-electron chi connectivity index (χ1n) is 13.1. The summed E-state index contributed by atoms with van der Waals surface area (Å²) in [6, 6.07) is 22.8. The van der Waals surface area contributed by atoms with Crippen molar-refractivity contribution in [3.05, 3.63) is 101 Å². The van der Waals surface area contributed by atoms with Crippen LogP contribution in [0.15, 0.2) is 79.0 Å². The number of amides is 2. The van der Waals surface area contributed by atoms with Gasteiger partial charge in [0.05, 0.1) is 11.8 Å². The summed E-state index contributed by atoms with van der Waals surface area (Å²) in [6.07, 6.45) is 3.61. The van der Waals surface area contributed by atoms with Crippen molar-refractivity contribution in [2.45, 2.75) is 32.8 Å². The summed E-state index contributed by atoms with van der Waals surface area (Å²) in [5.74, 6) is -0.157. The minimum Gasteiger partial charge on any atom is -0.376 e. The van der Waals surface area contributed by atoms with Crippen LogP contribution in [0.25, 0.3) is 16.9 Å². The first-order valence-corrected chi connectivity index (χ1v) is 13.4. The van der Waals surface area contributed by atoms with E-state index in [1.54, 1.807) is 23.1 Å². The third-order valence-electron chi connectivity index (χ3n) is 6.82. The van der Waals surface area contributed by atoms with Crippen molar-refractivity contribution in [3.63, 3.8) is 0 Å². The Morgan fingerprint density at radius 2 is 1.87 bits per heavy atom. The highest BCUT2D eigenvalue weighted by atomic mass is 35.5. The molecular weight excluding hydrogens is 512 g/mol. The maximum Gasteiger partial charge on any atom is 0.254 e. The molecule has 1 aliphatic heterocycles. The summed E-state index contributed by atoms with van der Waals surface area (Å²) in [4.78, 5) is 33.3. The number of anilines is 1. The number of carbonyl (C=O) groups is 2. The van der Waals surface area contributed by atoms with Crippen molar-refractivity contribution in [3.8, 4) is 16.9 Å². The van der Waals surface area contributed by atoms with E-state index in [2.05, 4.69) is 5.32 Å². The number of aryl methyl sites for hydroxylation is 2. The molecule has 3 aromatic carbocycles. The lowest BCUT2D eigenvalue weighted by Crippen LogP contribution is -2.42. The Hall–Kier alpha value is -3.94. The molecule has 200 valence electrons. The van der Waals surface area contributed by atoms with Gasteiger partial charge in [-0.05, 0) is 68.1 Å². The van der Waals surface area contributed by atoms with Gasteiger partial charge in [-0.25, -0.2) is 4.98 Å². The van der Waals surface area contributed by atoms with E-state index in [1.807, 2.05) is 79.2 Å². The Balaban J connectivity index is 1.43. The number of hydrogen-bond acceptors (Lipinski definition) is 4. The first kappa shape index (κ1) is 26.7. The van der Waals surface area contributed by atoms with Gasteiger partial charge >= 0.3 is 0 Å². The lowest BCUT2D eigenvalue weighted by atomic mass is 10.1. The summed E-state index contributed by atoms with van der Waals surface area (Å²) < 4.78 is 7.65. The zero-order valence-electron chi connectivity index (χ0n) is 22.1. The molecule has 1 aliphatic rings. The number of carbonyl (C=O) groups excluding carboxylic acids is 2. The zero-order valence-corrected chi connectivity index (χ0v) is 22.8. The fraction of sp³-hybridized carbons (Fsp3) is 0.258. The first-order chi connectivity index (χ1) is 18.9. The molecule has 4 aromatic rings. The Morgan fingerprint density at radius 1 is 1.08 bits per heavy atom. The van der Waals surface area contributed by atoms with E-state index < -0.39 is 0 Å².